The number of amides is 2. The average Bonchev–Trinajstić information content (AvgIpc) is 2.93. The molecule has 0 aliphatic carbocycles. The Balaban J connectivity index is 1.66. The Morgan fingerprint density at radius 3 is 1.97 bits per heavy atom. The van der Waals surface area contributed by atoms with Crippen LogP contribution in [0.25, 0.3) is 12.2 Å². The molecule has 1 aliphatic rings. The van der Waals surface area contributed by atoms with Gasteiger partial charge in [0.05, 0.1) is 23.8 Å². The highest BCUT2D eigenvalue weighted by atomic mass is 16.5. The highest BCUT2D eigenvalue weighted by Gasteiger charge is 2.24. The van der Waals surface area contributed by atoms with Crippen LogP contribution in [0.2, 0.25) is 0 Å². The first-order chi connectivity index (χ1) is 14.7. The summed E-state index contributed by atoms with van der Waals surface area (Å²) in [5.41, 5.74) is 3.58. The maximum absolute atomic E-state index is 13.1. The lowest BCUT2D eigenvalue weighted by molar-refractivity contribution is -0.148. The van der Waals surface area contributed by atoms with Crippen molar-refractivity contribution in [3.8, 4) is 0 Å². The van der Waals surface area contributed by atoms with Crippen LogP contribution in [-0.2, 0) is 9.53 Å². The lowest BCUT2D eigenvalue weighted by Gasteiger charge is -2.25. The van der Waals surface area contributed by atoms with Crippen molar-refractivity contribution in [2.24, 2.45) is 5.92 Å². The minimum Gasteiger partial charge on any atom is -0.464 e. The van der Waals surface area contributed by atoms with Crippen LogP contribution in [0.4, 0.5) is 16.2 Å². The summed E-state index contributed by atoms with van der Waals surface area (Å²) in [6.45, 7) is 4.58. The fourth-order valence-electron chi connectivity index (χ4n) is 3.78. The van der Waals surface area contributed by atoms with E-state index in [1.54, 1.807) is 4.90 Å². The Morgan fingerprint density at radius 2 is 1.43 bits per heavy atom. The lowest BCUT2D eigenvalue weighted by atomic mass is 9.99. The van der Waals surface area contributed by atoms with Gasteiger partial charge in [0, 0.05) is 0 Å². The van der Waals surface area contributed by atoms with E-state index in [9.17, 15) is 9.59 Å². The highest BCUT2D eigenvalue weighted by Crippen LogP contribution is 2.36. The van der Waals surface area contributed by atoms with Crippen LogP contribution >= 0.6 is 0 Å². The van der Waals surface area contributed by atoms with E-state index >= 15 is 0 Å². The number of nitrogens with zero attached hydrogens (tertiary/aromatic N) is 1. The van der Waals surface area contributed by atoms with E-state index in [-0.39, 0.29) is 31.1 Å². The average molecular weight is 407 g/mol. The number of carbonyl (C=O) groups is 2. The van der Waals surface area contributed by atoms with Crippen molar-refractivity contribution >= 4 is 35.5 Å². The third kappa shape index (κ3) is 5.09. The first-order valence-electron chi connectivity index (χ1n) is 10.8. The topological polar surface area (TPSA) is 58.6 Å². The first kappa shape index (κ1) is 21.6. The fourth-order valence-corrected chi connectivity index (χ4v) is 3.78. The molecule has 1 aliphatic heterocycles. The van der Waals surface area contributed by atoms with Gasteiger partial charge < -0.3 is 10.1 Å². The highest BCUT2D eigenvalue weighted by molar-refractivity contribution is 6.05. The largest absolute Gasteiger partial charge is 0.464 e. The van der Waals surface area contributed by atoms with Gasteiger partial charge in [-0.2, -0.15) is 0 Å². The van der Waals surface area contributed by atoms with E-state index in [0.29, 0.717) is 0 Å². The van der Waals surface area contributed by atoms with Gasteiger partial charge in [-0.25, -0.2) is 4.79 Å². The minimum absolute atomic E-state index is 0.0499. The maximum atomic E-state index is 13.1. The predicted molar refractivity (Wildman–Crippen MR) is 122 cm³/mol. The van der Waals surface area contributed by atoms with Gasteiger partial charge in [-0.05, 0) is 36.1 Å². The number of anilines is 2. The van der Waals surface area contributed by atoms with Gasteiger partial charge in [-0.1, -0.05) is 75.2 Å². The van der Waals surface area contributed by atoms with Gasteiger partial charge in [0.15, 0.2) is 0 Å². The summed E-state index contributed by atoms with van der Waals surface area (Å²) >= 11 is 0. The minimum atomic E-state index is -0.242. The smallest absolute Gasteiger partial charge is 0.326 e. The van der Waals surface area contributed by atoms with Gasteiger partial charge in [0.25, 0.3) is 0 Å². The summed E-state index contributed by atoms with van der Waals surface area (Å²) in [6, 6.07) is 15.4. The molecule has 5 heteroatoms. The molecule has 0 spiro atoms. The third-order valence-electron chi connectivity index (χ3n) is 5.23. The molecule has 0 fully saturated rings. The standard InChI is InChI=1S/C25H30N2O3/c1-3-9-21(10-4-2)24(28)30-18-17-26-25(29)27-22-13-7-5-11-19(22)15-16-20-12-6-8-14-23(20)27/h5-8,11-16,21H,3-4,9-10,17-18H2,1-2H3,(H,26,29). The molecule has 1 heterocycles. The summed E-state index contributed by atoms with van der Waals surface area (Å²) in [7, 11) is 0. The normalized spacial score (nSPS) is 12.2. The number of benzene rings is 2. The summed E-state index contributed by atoms with van der Waals surface area (Å²) in [6.07, 6.45) is 7.63. The Hall–Kier alpha value is -3.08. The molecule has 0 saturated heterocycles. The quantitative estimate of drug-likeness (QED) is 0.447. The molecule has 0 aromatic heterocycles. The monoisotopic (exact) mass is 406 g/mol. The van der Waals surface area contributed by atoms with Crippen LogP contribution in [0.3, 0.4) is 0 Å². The number of rotatable bonds is 8. The fraction of sp³-hybridized carbons (Fsp3) is 0.360. The van der Waals surface area contributed by atoms with Gasteiger partial charge in [-0.15, -0.1) is 0 Å². The summed E-state index contributed by atoms with van der Waals surface area (Å²) in [5.74, 6) is -0.214. The van der Waals surface area contributed by atoms with Gasteiger partial charge >= 0.3 is 12.0 Å². The van der Waals surface area contributed by atoms with Gasteiger partial charge in [0.2, 0.25) is 0 Å². The van der Waals surface area contributed by atoms with Crippen LogP contribution in [0.1, 0.15) is 50.7 Å². The molecule has 158 valence electrons. The molecule has 0 bridgehead atoms. The number of urea groups is 1. The second-order valence-electron chi connectivity index (χ2n) is 7.46. The number of ether oxygens (including phenoxy) is 1. The number of carbonyl (C=O) groups excluding carboxylic acids is 2. The molecule has 0 saturated carbocycles. The van der Waals surface area contributed by atoms with E-state index in [2.05, 4.69) is 19.2 Å². The van der Waals surface area contributed by atoms with Crippen molar-refractivity contribution in [3.63, 3.8) is 0 Å². The zero-order valence-corrected chi connectivity index (χ0v) is 17.8. The summed E-state index contributed by atoms with van der Waals surface area (Å²) < 4.78 is 5.43. The number of hydrogen-bond donors (Lipinski definition) is 1. The van der Waals surface area contributed by atoms with Crippen LogP contribution in [0.5, 0.6) is 0 Å². The van der Waals surface area contributed by atoms with Crippen molar-refractivity contribution in [1.82, 2.24) is 5.32 Å². The van der Waals surface area contributed by atoms with E-state index in [1.807, 2.05) is 60.7 Å². The molecule has 0 radical (unpaired) electrons. The van der Waals surface area contributed by atoms with Crippen LogP contribution < -0.4 is 10.2 Å². The van der Waals surface area contributed by atoms with Gasteiger partial charge in [0.1, 0.15) is 6.61 Å². The van der Waals surface area contributed by atoms with Crippen molar-refractivity contribution in [2.75, 3.05) is 18.1 Å². The van der Waals surface area contributed by atoms with E-state index in [0.717, 1.165) is 48.2 Å². The Bertz CT molecular complexity index is 851. The lowest BCUT2D eigenvalue weighted by Crippen LogP contribution is -2.39. The van der Waals surface area contributed by atoms with E-state index in [4.69, 9.17) is 4.74 Å². The zero-order chi connectivity index (χ0) is 21.3. The van der Waals surface area contributed by atoms with Crippen LogP contribution in [0.15, 0.2) is 48.5 Å². The van der Waals surface area contributed by atoms with Crippen LogP contribution in [-0.4, -0.2) is 25.2 Å². The molecule has 2 aromatic carbocycles. The summed E-state index contributed by atoms with van der Waals surface area (Å²) in [4.78, 5) is 27.1. The molecular weight excluding hydrogens is 376 g/mol. The molecule has 5 nitrogen and oxygen atoms in total. The molecule has 30 heavy (non-hydrogen) atoms. The van der Waals surface area contributed by atoms with Crippen LogP contribution in [0, 0.1) is 5.92 Å². The zero-order valence-electron chi connectivity index (χ0n) is 17.8. The maximum Gasteiger partial charge on any atom is 0.326 e. The Labute approximate surface area is 178 Å². The second-order valence-corrected chi connectivity index (χ2v) is 7.46. The third-order valence-corrected chi connectivity index (χ3v) is 5.23. The van der Waals surface area contributed by atoms with Crippen molar-refractivity contribution < 1.29 is 14.3 Å². The molecule has 0 atom stereocenters. The van der Waals surface area contributed by atoms with Crippen molar-refractivity contribution in [1.29, 1.82) is 0 Å². The number of para-hydroxylation sites is 2. The Morgan fingerprint density at radius 1 is 0.900 bits per heavy atom. The van der Waals surface area contributed by atoms with Crippen molar-refractivity contribution in [3.05, 3.63) is 59.7 Å². The molecular formula is C25H30N2O3. The molecule has 1 N–H and O–H groups in total. The van der Waals surface area contributed by atoms with E-state index in [1.165, 1.54) is 0 Å². The molecule has 0 unspecified atom stereocenters. The summed E-state index contributed by atoms with van der Waals surface area (Å²) in [5, 5.41) is 2.90. The van der Waals surface area contributed by atoms with Gasteiger partial charge in [-0.3, -0.25) is 9.69 Å². The molecule has 3 rings (SSSR count). The van der Waals surface area contributed by atoms with E-state index < -0.39 is 0 Å². The first-order valence-corrected chi connectivity index (χ1v) is 10.8. The van der Waals surface area contributed by atoms with Crippen molar-refractivity contribution in [2.45, 2.75) is 39.5 Å². The predicted octanol–water partition coefficient (Wildman–Crippen LogP) is 5.78. The number of hydrogen-bond acceptors (Lipinski definition) is 3. The molecule has 2 aromatic rings. The number of esters is 1. The number of nitrogens with one attached hydrogen (secondary N) is 1. The second kappa shape index (κ2) is 10.6. The molecule has 2 amide bonds. The Kier molecular flexibility index (Phi) is 7.66. The SMILES string of the molecule is CCCC(CCC)C(=O)OCCNC(=O)N1c2ccccc2C=Cc2ccccc21. The number of fused-ring (bicyclic) bond motifs is 2.